The average molecular weight is 685 g/mol. The topological polar surface area (TPSA) is 0 Å². The minimum atomic E-state index is 0. The molecule has 0 radical (unpaired) electrons. The van der Waals surface area contributed by atoms with Crippen molar-refractivity contribution < 1.29 is 49.0 Å². The second-order valence-corrected chi connectivity index (χ2v) is 14.1. The van der Waals surface area contributed by atoms with E-state index in [4.69, 9.17) is 0 Å². The summed E-state index contributed by atoms with van der Waals surface area (Å²) in [6, 6.07) is 35.5. The summed E-state index contributed by atoms with van der Waals surface area (Å²) in [6.07, 6.45) is 10.0. The van der Waals surface area contributed by atoms with Crippen LogP contribution in [0.4, 0.5) is 0 Å². The van der Waals surface area contributed by atoms with E-state index in [0.717, 1.165) is 6.42 Å². The summed E-state index contributed by atoms with van der Waals surface area (Å²) < 4.78 is 1.42. The zero-order valence-corrected chi connectivity index (χ0v) is 30.4. The third-order valence-corrected chi connectivity index (χ3v) is 8.85. The van der Waals surface area contributed by atoms with Crippen LogP contribution < -0.4 is 24.8 Å². The molecular weight excluding hydrogens is 643 g/mol. The van der Waals surface area contributed by atoms with Crippen molar-refractivity contribution in [1.29, 1.82) is 0 Å². The van der Waals surface area contributed by atoms with Crippen LogP contribution in [0.2, 0.25) is 0 Å². The van der Waals surface area contributed by atoms with E-state index in [1.165, 1.54) is 76.8 Å². The maximum absolute atomic E-state index is 2.99. The van der Waals surface area contributed by atoms with Gasteiger partial charge < -0.3 is 24.8 Å². The molecule has 43 heavy (non-hydrogen) atoms. The van der Waals surface area contributed by atoms with Crippen LogP contribution in [0.25, 0.3) is 21.5 Å². The van der Waals surface area contributed by atoms with Crippen molar-refractivity contribution in [3.8, 4) is 0 Å². The first-order valence-corrected chi connectivity index (χ1v) is 15.7. The molecule has 1 aliphatic carbocycles. The molecule has 6 rings (SSSR count). The Hall–Kier alpha value is -2.44. The van der Waals surface area contributed by atoms with Crippen LogP contribution in [-0.2, 0) is 35.1 Å². The molecule has 0 heterocycles. The maximum atomic E-state index is 2.99. The SMILES string of the molecule is CC(C)(C)c1ccc2[cH-]c3ccc(C(C)(C)C)cc3c2c1.Cc1ccc([C](=[Zr+2])c2ccccc2)cc1.[C-]1=CC=CC1.[Cl-].[Cl-]. The predicted molar refractivity (Wildman–Crippen MR) is 177 cm³/mol. The summed E-state index contributed by atoms with van der Waals surface area (Å²) in [4.78, 5) is 0. The quantitative estimate of drug-likeness (QED) is 0.236. The Bertz CT molecular complexity index is 1590. The molecule has 0 unspecified atom stereocenters. The summed E-state index contributed by atoms with van der Waals surface area (Å²) in [5.74, 6) is 0. The number of hydrogen-bond acceptors (Lipinski definition) is 0. The number of rotatable bonds is 2. The minimum Gasteiger partial charge on any atom is -1.00 e. The van der Waals surface area contributed by atoms with E-state index in [-0.39, 0.29) is 35.6 Å². The third-order valence-electron chi connectivity index (χ3n) is 7.43. The maximum Gasteiger partial charge on any atom is -0.109 e. The molecule has 0 saturated heterocycles. The molecule has 0 atom stereocenters. The fraction of sp³-hybridized carbons (Fsp3) is 0.250. The van der Waals surface area contributed by atoms with Gasteiger partial charge in [0.25, 0.3) is 0 Å². The van der Waals surface area contributed by atoms with Gasteiger partial charge in [-0.15, -0.1) is 46.2 Å². The fourth-order valence-corrected chi connectivity index (χ4v) is 5.58. The summed E-state index contributed by atoms with van der Waals surface area (Å²) in [5, 5.41) is 5.49. The normalized spacial score (nSPS) is 12.0. The molecule has 0 aromatic heterocycles. The van der Waals surface area contributed by atoms with Crippen LogP contribution >= 0.6 is 0 Å². The zero-order chi connectivity index (χ0) is 29.6. The summed E-state index contributed by atoms with van der Waals surface area (Å²) in [6.45, 7) is 15.8. The van der Waals surface area contributed by atoms with Crippen molar-refractivity contribution in [2.75, 3.05) is 0 Å². The van der Waals surface area contributed by atoms with Crippen molar-refractivity contribution in [3.05, 3.63) is 149 Å². The summed E-state index contributed by atoms with van der Waals surface area (Å²) in [7, 11) is 0. The molecule has 0 N–H and O–H groups in total. The number of benzene rings is 4. The first-order chi connectivity index (χ1) is 19.4. The number of halogens is 2. The Morgan fingerprint density at radius 1 is 0.674 bits per heavy atom. The molecule has 0 fully saturated rings. The van der Waals surface area contributed by atoms with Gasteiger partial charge in [0.1, 0.15) is 0 Å². The van der Waals surface area contributed by atoms with Gasteiger partial charge in [0.15, 0.2) is 0 Å². The van der Waals surface area contributed by atoms with Gasteiger partial charge in [-0.2, -0.15) is 6.08 Å². The average Bonchev–Trinajstić information content (AvgIpc) is 3.64. The Balaban J connectivity index is 0.000000256. The number of fused-ring (bicyclic) bond motifs is 3. The van der Waals surface area contributed by atoms with E-state index in [1.807, 2.05) is 12.2 Å². The van der Waals surface area contributed by atoms with Crippen molar-refractivity contribution >= 4 is 24.8 Å². The predicted octanol–water partition coefficient (Wildman–Crippen LogP) is 4.73. The van der Waals surface area contributed by atoms with E-state index < -0.39 is 0 Å². The summed E-state index contributed by atoms with van der Waals surface area (Å²) in [5.41, 5.74) is 7.19. The zero-order valence-electron chi connectivity index (χ0n) is 26.4. The molecule has 5 aromatic carbocycles. The van der Waals surface area contributed by atoms with E-state index in [1.54, 1.807) is 0 Å². The van der Waals surface area contributed by atoms with Gasteiger partial charge in [0.05, 0.1) is 0 Å². The van der Waals surface area contributed by atoms with Crippen LogP contribution in [0.1, 0.15) is 75.8 Å². The van der Waals surface area contributed by atoms with Crippen LogP contribution in [0.3, 0.4) is 0 Å². The molecule has 0 bridgehead atoms. The molecule has 3 heteroatoms. The molecule has 5 aromatic rings. The largest absolute Gasteiger partial charge is 1.00 e. The van der Waals surface area contributed by atoms with Gasteiger partial charge in [-0.25, -0.2) is 12.2 Å². The molecule has 0 amide bonds. The Morgan fingerprint density at radius 3 is 1.56 bits per heavy atom. The fourth-order valence-electron chi connectivity index (χ4n) is 4.76. The van der Waals surface area contributed by atoms with Crippen LogP contribution in [0, 0.1) is 13.0 Å². The molecule has 222 valence electrons. The minimum absolute atomic E-state index is 0. The van der Waals surface area contributed by atoms with E-state index in [9.17, 15) is 0 Å². The van der Waals surface area contributed by atoms with Crippen molar-refractivity contribution in [3.63, 3.8) is 0 Å². The monoisotopic (exact) mass is 682 g/mol. The Morgan fingerprint density at radius 2 is 1.16 bits per heavy atom. The van der Waals surface area contributed by atoms with E-state index >= 15 is 0 Å². The van der Waals surface area contributed by atoms with E-state index in [0.29, 0.717) is 0 Å². The van der Waals surface area contributed by atoms with Crippen LogP contribution in [-0.4, -0.2) is 3.21 Å². The van der Waals surface area contributed by atoms with Gasteiger partial charge in [-0.1, -0.05) is 76.9 Å². The number of hydrogen-bond donors (Lipinski definition) is 0. The van der Waals surface area contributed by atoms with Crippen LogP contribution in [0.15, 0.2) is 115 Å². The van der Waals surface area contributed by atoms with Gasteiger partial charge in [0, 0.05) is 0 Å². The Labute approximate surface area is 286 Å². The van der Waals surface area contributed by atoms with Gasteiger partial charge >= 0.3 is 106 Å². The molecular formula is C40H42Cl2Zr-2. The van der Waals surface area contributed by atoms with Crippen molar-refractivity contribution in [1.82, 2.24) is 0 Å². The molecule has 0 aliphatic heterocycles. The van der Waals surface area contributed by atoms with Gasteiger partial charge in [-0.05, 0) is 10.8 Å². The van der Waals surface area contributed by atoms with Gasteiger partial charge in [-0.3, -0.25) is 6.08 Å². The molecule has 1 aliphatic rings. The first kappa shape index (κ1) is 36.8. The van der Waals surface area contributed by atoms with E-state index in [2.05, 4.69) is 158 Å². The van der Waals surface area contributed by atoms with Gasteiger partial charge in [0.2, 0.25) is 0 Å². The Kier molecular flexibility index (Phi) is 13.7. The van der Waals surface area contributed by atoms with Crippen molar-refractivity contribution in [2.45, 2.75) is 65.7 Å². The standard InChI is InChI=1S/C21H25.C14H12.C5H5.2ClH.Zr/c1-20(2,3)16-9-7-14-11-15-8-10-17(21(4,5)6)13-19(15)18(14)12-16;1-12-7-9-14(10-8-12)11-13-5-3-2-4-6-13;1-2-4-5-3-1;;;/h7-13H,1-6H3;2-10H,1H3;1-3H,4H2;2*1H;/q-1;;-1;;;+2/p-2. The molecule has 0 nitrogen and oxygen atoms in total. The van der Waals surface area contributed by atoms with Crippen LogP contribution in [0.5, 0.6) is 0 Å². The summed E-state index contributed by atoms with van der Waals surface area (Å²) >= 11 is 1.46. The second-order valence-electron chi connectivity index (χ2n) is 12.9. The number of aryl methyl sites for hydroxylation is 1. The third kappa shape index (κ3) is 10.0. The van der Waals surface area contributed by atoms with Crippen molar-refractivity contribution in [2.24, 2.45) is 0 Å². The second kappa shape index (κ2) is 16.0. The smallest absolute Gasteiger partial charge is 0.109 e. The molecule has 0 spiro atoms. The molecule has 0 saturated carbocycles. The number of allylic oxidation sites excluding steroid dienone is 4. The first-order valence-electron chi connectivity index (χ1n) is 14.5.